The number of nitrogens with one attached hydrogen (secondary N) is 1. The van der Waals surface area contributed by atoms with Crippen LogP contribution in [0.4, 0.5) is 5.69 Å². The van der Waals surface area contributed by atoms with Gasteiger partial charge in [-0.2, -0.15) is 9.78 Å². The number of hydrogen-bond donors (Lipinski definition) is 1. The summed E-state index contributed by atoms with van der Waals surface area (Å²) in [6.45, 7) is 0. The highest BCUT2D eigenvalue weighted by atomic mass is 32.2. The van der Waals surface area contributed by atoms with Crippen LogP contribution >= 0.6 is 11.8 Å². The Balaban J connectivity index is 1.85. The van der Waals surface area contributed by atoms with Crippen LogP contribution < -0.4 is 5.43 Å². The molecule has 8 nitrogen and oxygen atoms in total. The Bertz CT molecular complexity index is 867. The third-order valence-electron chi connectivity index (χ3n) is 3.05. The Labute approximate surface area is 147 Å². The lowest BCUT2D eigenvalue weighted by Crippen LogP contribution is -2.15. The Kier molecular flexibility index (Phi) is 5.37. The number of anilines is 1. The van der Waals surface area contributed by atoms with E-state index >= 15 is 0 Å². The van der Waals surface area contributed by atoms with Crippen molar-refractivity contribution in [2.75, 3.05) is 12.5 Å². The van der Waals surface area contributed by atoms with Crippen LogP contribution in [-0.2, 0) is 9.53 Å². The van der Waals surface area contributed by atoms with Gasteiger partial charge in [-0.3, -0.25) is 5.43 Å². The number of carbonyl (C=O) groups is 1. The Morgan fingerprint density at radius 3 is 2.48 bits per heavy atom. The molecule has 1 aromatic heterocycles. The fourth-order valence-corrected chi connectivity index (χ4v) is 2.62. The summed E-state index contributed by atoms with van der Waals surface area (Å²) in [5.41, 5.74) is 4.34. The lowest BCUT2D eigenvalue weighted by Gasteiger charge is -2.06. The summed E-state index contributed by atoms with van der Waals surface area (Å²) in [6, 6.07) is 18.6. The van der Waals surface area contributed by atoms with Crippen molar-refractivity contribution >= 4 is 28.5 Å². The average Bonchev–Trinajstić information content (AvgIpc) is 3.14. The first-order valence-electron chi connectivity index (χ1n) is 7.26. The van der Waals surface area contributed by atoms with Gasteiger partial charge in [-0.05, 0) is 46.5 Å². The molecule has 0 spiro atoms. The van der Waals surface area contributed by atoms with Gasteiger partial charge in [-0.1, -0.05) is 36.4 Å². The van der Waals surface area contributed by atoms with Crippen LogP contribution in [0, 0.1) is 0 Å². The molecule has 0 saturated heterocycles. The van der Waals surface area contributed by atoms with Gasteiger partial charge in [0.05, 0.1) is 18.5 Å². The topological polar surface area (TPSA) is 94.3 Å². The lowest BCUT2D eigenvalue weighted by molar-refractivity contribution is -0.132. The highest BCUT2D eigenvalue weighted by molar-refractivity contribution is 8.15. The summed E-state index contributed by atoms with van der Waals surface area (Å²) in [5, 5.41) is 16.2. The first-order chi connectivity index (χ1) is 12.3. The minimum Gasteiger partial charge on any atom is -0.464 e. The molecule has 126 valence electrons. The van der Waals surface area contributed by atoms with Gasteiger partial charge in [0.25, 0.3) is 0 Å². The number of para-hydroxylation sites is 2. The van der Waals surface area contributed by atoms with E-state index in [0.29, 0.717) is 5.16 Å². The zero-order valence-electron chi connectivity index (χ0n) is 13.2. The van der Waals surface area contributed by atoms with Crippen molar-refractivity contribution < 1.29 is 9.53 Å². The Hall–Kier alpha value is -3.20. The average molecular weight is 354 g/mol. The molecule has 1 N–H and O–H groups in total. The van der Waals surface area contributed by atoms with Crippen LogP contribution in [0.5, 0.6) is 0 Å². The number of ether oxygens (including phenoxy) is 1. The second-order valence-corrected chi connectivity index (χ2v) is 5.65. The Morgan fingerprint density at radius 1 is 1.12 bits per heavy atom. The molecule has 0 amide bonds. The maximum Gasteiger partial charge on any atom is 0.365 e. The van der Waals surface area contributed by atoms with Crippen LogP contribution in [0.25, 0.3) is 5.69 Å². The molecule has 0 radical (unpaired) electrons. The maximum atomic E-state index is 12.0. The van der Waals surface area contributed by atoms with Crippen molar-refractivity contribution in [3.63, 3.8) is 0 Å². The summed E-state index contributed by atoms with van der Waals surface area (Å²) in [4.78, 5) is 12.0. The molecule has 0 fully saturated rings. The van der Waals surface area contributed by atoms with Gasteiger partial charge in [-0.25, -0.2) is 4.79 Å². The molecule has 0 aliphatic carbocycles. The number of hydrogen-bond acceptors (Lipinski definition) is 8. The van der Waals surface area contributed by atoms with Crippen LogP contribution in [-0.4, -0.2) is 38.3 Å². The van der Waals surface area contributed by atoms with E-state index in [4.69, 9.17) is 4.74 Å². The largest absolute Gasteiger partial charge is 0.464 e. The van der Waals surface area contributed by atoms with Gasteiger partial charge in [-0.15, -0.1) is 5.10 Å². The van der Waals surface area contributed by atoms with E-state index in [0.717, 1.165) is 23.1 Å². The first-order valence-corrected chi connectivity index (χ1v) is 8.08. The first kappa shape index (κ1) is 16.7. The summed E-state index contributed by atoms with van der Waals surface area (Å²) in [6.07, 6.45) is 0. The highest BCUT2D eigenvalue weighted by Gasteiger charge is 2.19. The van der Waals surface area contributed by atoms with Gasteiger partial charge >= 0.3 is 5.97 Å². The van der Waals surface area contributed by atoms with Crippen molar-refractivity contribution in [2.45, 2.75) is 5.16 Å². The molecule has 3 rings (SSSR count). The molecule has 9 heteroatoms. The number of benzene rings is 2. The number of thioether (sulfide) groups is 1. The number of nitrogens with zero attached hydrogens (tertiary/aromatic N) is 5. The molecular formula is C16H14N6O2S. The van der Waals surface area contributed by atoms with E-state index in [1.165, 1.54) is 11.8 Å². The zero-order valence-corrected chi connectivity index (χ0v) is 14.1. The molecule has 0 aliphatic rings. The summed E-state index contributed by atoms with van der Waals surface area (Å²) >= 11 is 1.01. The monoisotopic (exact) mass is 354 g/mol. The van der Waals surface area contributed by atoms with Crippen molar-refractivity contribution in [1.82, 2.24) is 20.2 Å². The molecule has 0 unspecified atom stereocenters. The van der Waals surface area contributed by atoms with E-state index in [1.54, 1.807) is 0 Å². The number of tetrazole rings is 1. The summed E-state index contributed by atoms with van der Waals surface area (Å²) in [7, 11) is 1.29. The van der Waals surface area contributed by atoms with Crippen LogP contribution in [0.15, 0.2) is 70.9 Å². The van der Waals surface area contributed by atoms with Crippen molar-refractivity contribution in [3.05, 3.63) is 60.7 Å². The molecule has 1 heterocycles. The van der Waals surface area contributed by atoms with E-state index in [1.807, 2.05) is 60.7 Å². The van der Waals surface area contributed by atoms with E-state index in [9.17, 15) is 4.79 Å². The van der Waals surface area contributed by atoms with Crippen LogP contribution in [0.2, 0.25) is 0 Å². The van der Waals surface area contributed by atoms with E-state index in [2.05, 4.69) is 26.1 Å². The number of methoxy groups -OCH3 is 1. The molecule has 0 atom stereocenters. The SMILES string of the molecule is COC(=O)/C(=N\Nc1ccccc1)Sc1nnnn1-c1ccccc1. The number of hydrazone groups is 1. The van der Waals surface area contributed by atoms with Crippen molar-refractivity contribution in [1.29, 1.82) is 0 Å². The maximum absolute atomic E-state index is 12.0. The third kappa shape index (κ3) is 4.21. The molecule has 2 aromatic carbocycles. The fourth-order valence-electron chi connectivity index (χ4n) is 1.89. The fraction of sp³-hybridized carbons (Fsp3) is 0.0625. The van der Waals surface area contributed by atoms with E-state index < -0.39 is 5.97 Å². The predicted molar refractivity (Wildman–Crippen MR) is 94.5 cm³/mol. The molecular weight excluding hydrogens is 340 g/mol. The van der Waals surface area contributed by atoms with Gasteiger partial charge in [0.2, 0.25) is 10.2 Å². The summed E-state index contributed by atoms with van der Waals surface area (Å²) in [5.74, 6) is -0.587. The number of aromatic nitrogens is 4. The second kappa shape index (κ2) is 8.06. The molecule has 25 heavy (non-hydrogen) atoms. The van der Waals surface area contributed by atoms with E-state index in [-0.39, 0.29) is 5.04 Å². The van der Waals surface area contributed by atoms with Crippen molar-refractivity contribution in [3.8, 4) is 5.69 Å². The van der Waals surface area contributed by atoms with Crippen LogP contribution in [0.3, 0.4) is 0 Å². The summed E-state index contributed by atoms with van der Waals surface area (Å²) < 4.78 is 6.31. The van der Waals surface area contributed by atoms with Crippen LogP contribution in [0.1, 0.15) is 0 Å². The number of rotatable bonds is 4. The molecule has 3 aromatic rings. The second-order valence-electron chi connectivity index (χ2n) is 4.70. The Morgan fingerprint density at radius 2 is 1.80 bits per heavy atom. The molecule has 0 bridgehead atoms. The number of carbonyl (C=O) groups excluding carboxylic acids is 1. The van der Waals surface area contributed by atoms with Gasteiger partial charge in [0.1, 0.15) is 0 Å². The molecule has 0 aliphatic heterocycles. The van der Waals surface area contributed by atoms with Gasteiger partial charge < -0.3 is 4.74 Å². The highest BCUT2D eigenvalue weighted by Crippen LogP contribution is 2.20. The minimum absolute atomic E-state index is 0.0818. The molecule has 0 saturated carbocycles. The zero-order chi connectivity index (χ0) is 17.5. The van der Waals surface area contributed by atoms with Gasteiger partial charge in [0, 0.05) is 0 Å². The third-order valence-corrected chi connectivity index (χ3v) is 3.94. The van der Waals surface area contributed by atoms with Crippen molar-refractivity contribution in [2.24, 2.45) is 5.10 Å². The minimum atomic E-state index is -0.587. The smallest absolute Gasteiger partial charge is 0.365 e. The standard InChI is InChI=1S/C16H14N6O2S/c1-24-15(23)14(18-17-12-8-4-2-5-9-12)25-16-19-20-21-22(16)13-10-6-3-7-11-13/h2-11,17H,1H3/b18-14+. The lowest BCUT2D eigenvalue weighted by atomic mass is 10.3. The predicted octanol–water partition coefficient (Wildman–Crippen LogP) is 2.35. The van der Waals surface area contributed by atoms with Gasteiger partial charge in [0.15, 0.2) is 0 Å². The normalized spacial score (nSPS) is 11.2. The number of esters is 1. The quantitative estimate of drug-likeness (QED) is 0.253.